The van der Waals surface area contributed by atoms with Crippen molar-refractivity contribution >= 4 is 11.8 Å². The second-order valence-corrected chi connectivity index (χ2v) is 3.41. The number of nitrogens with zero attached hydrogens (tertiary/aromatic N) is 4. The first kappa shape index (κ1) is 10.5. The molecule has 0 aliphatic carbocycles. The maximum atomic E-state index is 11.4. The average molecular weight is 196 g/mol. The van der Waals surface area contributed by atoms with E-state index in [1.54, 1.807) is 0 Å². The molecule has 1 heterocycles. The molecule has 0 radical (unpaired) electrons. The van der Waals surface area contributed by atoms with Crippen molar-refractivity contribution in [2.24, 2.45) is 11.0 Å². The molecular formula is C8H12N4O2. The van der Waals surface area contributed by atoms with Crippen LogP contribution in [0.1, 0.15) is 19.8 Å². The van der Waals surface area contributed by atoms with E-state index in [9.17, 15) is 9.59 Å². The molecule has 0 spiro atoms. The van der Waals surface area contributed by atoms with Crippen LogP contribution in [0.4, 0.5) is 0 Å². The van der Waals surface area contributed by atoms with E-state index in [-0.39, 0.29) is 30.8 Å². The van der Waals surface area contributed by atoms with Crippen molar-refractivity contribution in [2.75, 3.05) is 13.1 Å². The van der Waals surface area contributed by atoms with Crippen molar-refractivity contribution in [1.82, 2.24) is 4.90 Å². The highest BCUT2D eigenvalue weighted by atomic mass is 16.2. The Kier molecular flexibility index (Phi) is 3.48. The SMILES string of the molecule is CC1CC(=O)N(CCN=[N+]=[N-])C(=O)C1. The molecule has 0 bridgehead atoms. The van der Waals surface area contributed by atoms with Crippen molar-refractivity contribution in [2.45, 2.75) is 19.8 Å². The summed E-state index contributed by atoms with van der Waals surface area (Å²) < 4.78 is 0. The molecular weight excluding hydrogens is 184 g/mol. The smallest absolute Gasteiger partial charge is 0.229 e. The molecule has 2 amide bonds. The second-order valence-electron chi connectivity index (χ2n) is 3.41. The zero-order valence-corrected chi connectivity index (χ0v) is 8.01. The fraction of sp³-hybridized carbons (Fsp3) is 0.750. The fourth-order valence-corrected chi connectivity index (χ4v) is 1.47. The minimum Gasteiger partial charge on any atom is -0.282 e. The summed E-state index contributed by atoms with van der Waals surface area (Å²) in [6.07, 6.45) is 0.810. The molecule has 0 aromatic heterocycles. The molecule has 6 heteroatoms. The number of azide groups is 1. The zero-order valence-electron chi connectivity index (χ0n) is 8.01. The van der Waals surface area contributed by atoms with Gasteiger partial charge in [-0.2, -0.15) is 0 Å². The summed E-state index contributed by atoms with van der Waals surface area (Å²) in [6.45, 7) is 2.23. The van der Waals surface area contributed by atoms with Crippen molar-refractivity contribution in [3.8, 4) is 0 Å². The van der Waals surface area contributed by atoms with Gasteiger partial charge in [0.25, 0.3) is 0 Å². The van der Waals surface area contributed by atoms with Crippen LogP contribution in [0, 0.1) is 5.92 Å². The molecule has 0 aromatic carbocycles. The molecule has 14 heavy (non-hydrogen) atoms. The standard InChI is InChI=1S/C8H12N4O2/c1-6-4-7(13)12(8(14)5-6)3-2-10-11-9/h6H,2-5H2,1H3. The number of piperidine rings is 1. The maximum absolute atomic E-state index is 11.4. The molecule has 76 valence electrons. The number of hydrogen-bond donors (Lipinski definition) is 0. The van der Waals surface area contributed by atoms with Gasteiger partial charge >= 0.3 is 0 Å². The summed E-state index contributed by atoms with van der Waals surface area (Å²) in [5.41, 5.74) is 8.04. The zero-order chi connectivity index (χ0) is 10.6. The van der Waals surface area contributed by atoms with Crippen LogP contribution >= 0.6 is 0 Å². The average Bonchev–Trinajstić information content (AvgIpc) is 2.09. The van der Waals surface area contributed by atoms with Crippen LogP contribution in [0.3, 0.4) is 0 Å². The van der Waals surface area contributed by atoms with Gasteiger partial charge in [-0.05, 0) is 11.4 Å². The van der Waals surface area contributed by atoms with Gasteiger partial charge in [0.15, 0.2) is 0 Å². The van der Waals surface area contributed by atoms with Crippen molar-refractivity contribution in [3.05, 3.63) is 10.4 Å². The Bertz CT molecular complexity index is 278. The van der Waals surface area contributed by atoms with Crippen molar-refractivity contribution < 1.29 is 9.59 Å². The summed E-state index contributed by atoms with van der Waals surface area (Å²) in [7, 11) is 0. The predicted octanol–water partition coefficient (Wildman–Crippen LogP) is 1.08. The van der Waals surface area contributed by atoms with Crippen LogP contribution < -0.4 is 0 Å². The summed E-state index contributed by atoms with van der Waals surface area (Å²) in [5.74, 6) is -0.200. The van der Waals surface area contributed by atoms with Gasteiger partial charge in [-0.25, -0.2) is 0 Å². The molecule has 1 saturated heterocycles. The van der Waals surface area contributed by atoms with Gasteiger partial charge in [0, 0.05) is 30.8 Å². The lowest BCUT2D eigenvalue weighted by Gasteiger charge is -2.27. The van der Waals surface area contributed by atoms with Crippen LogP contribution in [0.25, 0.3) is 10.4 Å². The van der Waals surface area contributed by atoms with E-state index in [0.717, 1.165) is 0 Å². The molecule has 0 N–H and O–H groups in total. The number of rotatable bonds is 3. The molecule has 0 aromatic rings. The first-order valence-electron chi connectivity index (χ1n) is 4.49. The molecule has 1 fully saturated rings. The van der Waals surface area contributed by atoms with Crippen molar-refractivity contribution in [1.29, 1.82) is 0 Å². The summed E-state index contributed by atoms with van der Waals surface area (Å²) >= 11 is 0. The van der Waals surface area contributed by atoms with Gasteiger partial charge in [-0.1, -0.05) is 12.0 Å². The first-order chi connectivity index (χ1) is 6.65. The Hall–Kier alpha value is -1.55. The normalized spacial score (nSPS) is 18.2. The van der Waals surface area contributed by atoms with E-state index in [0.29, 0.717) is 12.8 Å². The third kappa shape index (κ3) is 2.47. The lowest BCUT2D eigenvalue weighted by molar-refractivity contribution is -0.149. The highest BCUT2D eigenvalue weighted by Gasteiger charge is 2.29. The van der Waals surface area contributed by atoms with E-state index in [4.69, 9.17) is 5.53 Å². The first-order valence-corrected chi connectivity index (χ1v) is 4.49. The number of carbonyl (C=O) groups is 2. The highest BCUT2D eigenvalue weighted by Crippen LogP contribution is 2.18. The number of carbonyl (C=O) groups excluding carboxylic acids is 2. The van der Waals surface area contributed by atoms with E-state index in [1.807, 2.05) is 6.92 Å². The fourth-order valence-electron chi connectivity index (χ4n) is 1.47. The lowest BCUT2D eigenvalue weighted by atomic mass is 9.98. The molecule has 0 unspecified atom stereocenters. The quantitative estimate of drug-likeness (QED) is 0.292. The summed E-state index contributed by atoms with van der Waals surface area (Å²) in [4.78, 5) is 26.5. The van der Waals surface area contributed by atoms with E-state index < -0.39 is 0 Å². The van der Waals surface area contributed by atoms with Crippen LogP contribution in [0.2, 0.25) is 0 Å². The molecule has 0 saturated carbocycles. The minimum absolute atomic E-state index is 0.130. The summed E-state index contributed by atoms with van der Waals surface area (Å²) in [5, 5.41) is 3.29. The third-order valence-electron chi connectivity index (χ3n) is 2.14. The Labute approximate surface area is 81.5 Å². The van der Waals surface area contributed by atoms with Gasteiger partial charge in [-0.15, -0.1) is 0 Å². The number of likely N-dealkylation sites (tertiary alicyclic amines) is 1. The topological polar surface area (TPSA) is 86.1 Å². The monoisotopic (exact) mass is 196 g/mol. The van der Waals surface area contributed by atoms with Gasteiger partial charge in [0.1, 0.15) is 0 Å². The number of amides is 2. The van der Waals surface area contributed by atoms with Gasteiger partial charge in [0.05, 0.1) is 0 Å². The molecule has 1 rings (SSSR count). The molecule has 1 aliphatic rings. The molecule has 6 nitrogen and oxygen atoms in total. The third-order valence-corrected chi connectivity index (χ3v) is 2.14. The lowest BCUT2D eigenvalue weighted by Crippen LogP contribution is -2.43. The van der Waals surface area contributed by atoms with Crippen LogP contribution in [0.15, 0.2) is 5.11 Å². The minimum atomic E-state index is -0.165. The highest BCUT2D eigenvalue weighted by molar-refractivity contribution is 5.97. The maximum Gasteiger partial charge on any atom is 0.229 e. The van der Waals surface area contributed by atoms with Gasteiger partial charge in [-0.3, -0.25) is 14.5 Å². The van der Waals surface area contributed by atoms with Crippen LogP contribution in [-0.4, -0.2) is 29.8 Å². The Balaban J connectivity index is 2.54. The second kappa shape index (κ2) is 4.62. The van der Waals surface area contributed by atoms with E-state index in [1.165, 1.54) is 4.90 Å². The molecule has 1 aliphatic heterocycles. The van der Waals surface area contributed by atoms with E-state index in [2.05, 4.69) is 10.0 Å². The Morgan fingerprint density at radius 1 is 1.50 bits per heavy atom. The van der Waals surface area contributed by atoms with Gasteiger partial charge in [0.2, 0.25) is 11.8 Å². The predicted molar refractivity (Wildman–Crippen MR) is 49.1 cm³/mol. The largest absolute Gasteiger partial charge is 0.282 e. The Morgan fingerprint density at radius 2 is 2.07 bits per heavy atom. The molecule has 0 atom stereocenters. The van der Waals surface area contributed by atoms with Gasteiger partial charge < -0.3 is 0 Å². The van der Waals surface area contributed by atoms with Crippen LogP contribution in [0.5, 0.6) is 0 Å². The van der Waals surface area contributed by atoms with Crippen LogP contribution in [-0.2, 0) is 9.59 Å². The van der Waals surface area contributed by atoms with E-state index >= 15 is 0 Å². The summed E-state index contributed by atoms with van der Waals surface area (Å²) in [6, 6.07) is 0. The number of hydrogen-bond acceptors (Lipinski definition) is 3. The Morgan fingerprint density at radius 3 is 2.57 bits per heavy atom. The van der Waals surface area contributed by atoms with Crippen molar-refractivity contribution in [3.63, 3.8) is 0 Å². The number of imide groups is 1.